The molecule has 1 aliphatic rings. The Kier molecular flexibility index (Phi) is 5.67. The van der Waals surface area contributed by atoms with E-state index in [-0.39, 0.29) is 5.91 Å². The van der Waals surface area contributed by atoms with Crippen LogP contribution in [0.1, 0.15) is 38.3 Å². The van der Waals surface area contributed by atoms with Crippen LogP contribution < -0.4 is 0 Å². The molecule has 7 nitrogen and oxygen atoms in total. The molecule has 1 saturated heterocycles. The molecule has 1 atom stereocenters. The van der Waals surface area contributed by atoms with Crippen LogP contribution in [0, 0.1) is 0 Å². The van der Waals surface area contributed by atoms with Gasteiger partial charge in [-0.1, -0.05) is 26.0 Å². The van der Waals surface area contributed by atoms with Gasteiger partial charge < -0.3 is 4.90 Å². The third-order valence-corrected chi connectivity index (χ3v) is 6.93. The van der Waals surface area contributed by atoms with E-state index >= 15 is 0 Å². The first-order valence-electron chi connectivity index (χ1n) is 9.18. The lowest BCUT2D eigenvalue weighted by molar-refractivity contribution is -0.135. The molecule has 0 aliphatic carbocycles. The van der Waals surface area contributed by atoms with Gasteiger partial charge in [0.1, 0.15) is 6.04 Å². The van der Waals surface area contributed by atoms with E-state index in [1.807, 2.05) is 12.1 Å². The summed E-state index contributed by atoms with van der Waals surface area (Å²) in [6, 6.07) is 8.45. The highest BCUT2D eigenvalue weighted by molar-refractivity contribution is 7.89. The van der Waals surface area contributed by atoms with Crippen LogP contribution in [0.15, 0.2) is 47.6 Å². The highest BCUT2D eigenvalue weighted by Gasteiger charge is 2.31. The Morgan fingerprint density at radius 2 is 1.67 bits per heavy atom. The summed E-state index contributed by atoms with van der Waals surface area (Å²) in [5.41, 5.74) is 1.11. The molecule has 146 valence electrons. The van der Waals surface area contributed by atoms with E-state index in [2.05, 4.69) is 18.9 Å². The Hall–Kier alpha value is -2.19. The van der Waals surface area contributed by atoms with Crippen LogP contribution in [0.25, 0.3) is 0 Å². The zero-order chi connectivity index (χ0) is 19.6. The van der Waals surface area contributed by atoms with Gasteiger partial charge in [0.15, 0.2) is 0 Å². The summed E-state index contributed by atoms with van der Waals surface area (Å²) in [6.45, 7) is 7.31. The second-order valence-electron chi connectivity index (χ2n) is 7.12. The number of benzene rings is 1. The Bertz CT molecular complexity index is 868. The predicted molar refractivity (Wildman–Crippen MR) is 103 cm³/mol. The summed E-state index contributed by atoms with van der Waals surface area (Å²) < 4.78 is 28.8. The minimum absolute atomic E-state index is 0.0444. The summed E-state index contributed by atoms with van der Waals surface area (Å²) in [5, 5.41) is 4.11. The van der Waals surface area contributed by atoms with Crippen molar-refractivity contribution in [1.29, 1.82) is 0 Å². The lowest BCUT2D eigenvalue weighted by Crippen LogP contribution is -2.51. The first-order valence-corrected chi connectivity index (χ1v) is 10.6. The fraction of sp³-hybridized carbons (Fsp3) is 0.474. The van der Waals surface area contributed by atoms with Crippen molar-refractivity contribution in [2.45, 2.75) is 37.6 Å². The average Bonchev–Trinajstić information content (AvgIpc) is 3.21. The lowest BCUT2D eigenvalue weighted by Gasteiger charge is -2.35. The Balaban J connectivity index is 1.65. The van der Waals surface area contributed by atoms with Crippen molar-refractivity contribution in [3.05, 3.63) is 48.3 Å². The van der Waals surface area contributed by atoms with E-state index in [4.69, 9.17) is 0 Å². The van der Waals surface area contributed by atoms with Gasteiger partial charge in [0, 0.05) is 38.6 Å². The van der Waals surface area contributed by atoms with Crippen molar-refractivity contribution >= 4 is 15.9 Å². The van der Waals surface area contributed by atoms with Crippen LogP contribution >= 0.6 is 0 Å². The molecular formula is C19H26N4O3S. The van der Waals surface area contributed by atoms with Crippen LogP contribution in [0.3, 0.4) is 0 Å². The Morgan fingerprint density at radius 3 is 2.19 bits per heavy atom. The molecule has 3 rings (SSSR count). The highest BCUT2D eigenvalue weighted by atomic mass is 32.2. The molecule has 0 saturated carbocycles. The van der Waals surface area contributed by atoms with E-state index in [1.54, 1.807) is 47.1 Å². The molecule has 1 aromatic carbocycles. The highest BCUT2D eigenvalue weighted by Crippen LogP contribution is 2.22. The van der Waals surface area contributed by atoms with Gasteiger partial charge in [0.25, 0.3) is 0 Å². The van der Waals surface area contributed by atoms with Gasteiger partial charge in [-0.2, -0.15) is 9.40 Å². The molecule has 0 bridgehead atoms. The predicted octanol–water partition coefficient (Wildman–Crippen LogP) is 2.10. The van der Waals surface area contributed by atoms with Gasteiger partial charge in [-0.25, -0.2) is 8.42 Å². The molecule has 0 N–H and O–H groups in total. The molecule has 1 aromatic heterocycles. The Morgan fingerprint density at radius 1 is 1.04 bits per heavy atom. The monoisotopic (exact) mass is 390 g/mol. The molecule has 1 fully saturated rings. The van der Waals surface area contributed by atoms with Crippen molar-refractivity contribution < 1.29 is 13.2 Å². The van der Waals surface area contributed by atoms with E-state index in [0.29, 0.717) is 37.0 Å². The van der Waals surface area contributed by atoms with Gasteiger partial charge in [0.05, 0.1) is 4.90 Å². The number of amides is 1. The van der Waals surface area contributed by atoms with Gasteiger partial charge in [-0.3, -0.25) is 9.48 Å². The average molecular weight is 391 g/mol. The first kappa shape index (κ1) is 19.6. The van der Waals surface area contributed by atoms with Crippen molar-refractivity contribution in [1.82, 2.24) is 19.0 Å². The number of nitrogens with zero attached hydrogens (tertiary/aromatic N) is 4. The third kappa shape index (κ3) is 4.06. The largest absolute Gasteiger partial charge is 0.338 e. The minimum atomic E-state index is -3.54. The number of piperazine rings is 1. The lowest BCUT2D eigenvalue weighted by atomic mass is 10.0. The van der Waals surface area contributed by atoms with Crippen molar-refractivity contribution in [3.63, 3.8) is 0 Å². The van der Waals surface area contributed by atoms with Crippen LogP contribution in [0.5, 0.6) is 0 Å². The summed E-state index contributed by atoms with van der Waals surface area (Å²) in [5.74, 6) is 0.310. The van der Waals surface area contributed by atoms with Gasteiger partial charge in [-0.15, -0.1) is 0 Å². The van der Waals surface area contributed by atoms with Crippen molar-refractivity contribution in [2.75, 3.05) is 26.2 Å². The number of carbonyl (C=O) groups is 1. The molecular weight excluding hydrogens is 364 g/mol. The van der Waals surface area contributed by atoms with Gasteiger partial charge in [-0.05, 0) is 36.6 Å². The number of hydrogen-bond donors (Lipinski definition) is 0. The van der Waals surface area contributed by atoms with E-state index in [1.165, 1.54) is 4.31 Å². The fourth-order valence-electron chi connectivity index (χ4n) is 3.21. The first-order chi connectivity index (χ1) is 12.8. The maximum Gasteiger partial charge on any atom is 0.247 e. The minimum Gasteiger partial charge on any atom is -0.338 e. The van der Waals surface area contributed by atoms with Crippen LogP contribution in [-0.4, -0.2) is 59.5 Å². The van der Waals surface area contributed by atoms with Gasteiger partial charge in [0.2, 0.25) is 15.9 Å². The van der Waals surface area contributed by atoms with Crippen LogP contribution in [-0.2, 0) is 14.8 Å². The summed E-state index contributed by atoms with van der Waals surface area (Å²) in [6.07, 6.45) is 3.39. The van der Waals surface area contributed by atoms with E-state index < -0.39 is 16.1 Å². The number of rotatable bonds is 5. The molecule has 8 heteroatoms. The SMILES string of the molecule is CC(C)c1ccc(S(=O)(=O)N2CCN(C(=O)C(C)n3cccn3)CC2)cc1. The molecule has 0 spiro atoms. The normalized spacial score (nSPS) is 17.3. The molecule has 1 amide bonds. The topological polar surface area (TPSA) is 75.5 Å². The molecule has 2 aromatic rings. The number of sulfonamides is 1. The molecule has 27 heavy (non-hydrogen) atoms. The summed E-state index contributed by atoms with van der Waals surface area (Å²) >= 11 is 0. The van der Waals surface area contributed by atoms with Gasteiger partial charge >= 0.3 is 0 Å². The quantitative estimate of drug-likeness (QED) is 0.784. The second-order valence-corrected chi connectivity index (χ2v) is 9.05. The molecule has 2 heterocycles. The fourth-order valence-corrected chi connectivity index (χ4v) is 4.63. The van der Waals surface area contributed by atoms with Crippen LogP contribution in [0.4, 0.5) is 0 Å². The standard InChI is InChI=1S/C19H26N4O3S/c1-15(2)17-5-7-18(8-6-17)27(25,26)22-13-11-21(12-14-22)19(24)16(3)23-10-4-9-20-23/h4-10,15-16H,11-14H2,1-3H3. The number of aromatic nitrogens is 2. The molecule has 1 aliphatic heterocycles. The second kappa shape index (κ2) is 7.82. The maximum absolute atomic E-state index is 12.9. The summed E-state index contributed by atoms with van der Waals surface area (Å²) in [7, 11) is -3.54. The molecule has 0 radical (unpaired) electrons. The Labute approximate surface area is 160 Å². The zero-order valence-electron chi connectivity index (χ0n) is 15.9. The third-order valence-electron chi connectivity index (χ3n) is 5.01. The van der Waals surface area contributed by atoms with Crippen molar-refractivity contribution in [2.24, 2.45) is 0 Å². The summed E-state index contributed by atoms with van der Waals surface area (Å²) in [4.78, 5) is 14.6. The smallest absolute Gasteiger partial charge is 0.247 e. The van der Waals surface area contributed by atoms with E-state index in [9.17, 15) is 13.2 Å². The number of hydrogen-bond acceptors (Lipinski definition) is 4. The maximum atomic E-state index is 12.9. The van der Waals surface area contributed by atoms with Crippen LogP contribution in [0.2, 0.25) is 0 Å². The van der Waals surface area contributed by atoms with E-state index in [0.717, 1.165) is 5.56 Å². The van der Waals surface area contributed by atoms with Crippen molar-refractivity contribution in [3.8, 4) is 0 Å². The molecule has 1 unspecified atom stereocenters. The zero-order valence-corrected chi connectivity index (χ0v) is 16.8. The number of carbonyl (C=O) groups excluding carboxylic acids is 1.